The zero-order valence-corrected chi connectivity index (χ0v) is 9.63. The number of hydrogen-bond donors (Lipinski definition) is 3. The number of carbonyl (C=O) groups is 1. The van der Waals surface area contributed by atoms with Gasteiger partial charge in [-0.05, 0) is 12.5 Å². The summed E-state index contributed by atoms with van der Waals surface area (Å²) in [5.41, 5.74) is 1.19. The molecule has 6 nitrogen and oxygen atoms in total. The molecule has 0 aliphatic rings. The Morgan fingerprint density at radius 2 is 2.35 bits per heavy atom. The highest BCUT2D eigenvalue weighted by Gasteiger charge is 2.11. The highest BCUT2D eigenvalue weighted by Crippen LogP contribution is 1.97. The van der Waals surface area contributed by atoms with Gasteiger partial charge in [0.1, 0.15) is 18.8 Å². The molecule has 0 atom stereocenters. The molecule has 0 aromatic carbocycles. The van der Waals surface area contributed by atoms with Crippen molar-refractivity contribution < 1.29 is 19.7 Å². The number of aryl methyl sites for hydroxylation is 1. The van der Waals surface area contributed by atoms with E-state index in [0.717, 1.165) is 0 Å². The van der Waals surface area contributed by atoms with E-state index in [4.69, 9.17) is 10.3 Å². The Kier molecular flexibility index (Phi) is 5.09. The lowest BCUT2D eigenvalue weighted by atomic mass is 10.2. The molecule has 92 valence electrons. The fraction of sp³-hybridized carbons (Fsp3) is 0.364. The van der Waals surface area contributed by atoms with Crippen molar-refractivity contribution in [1.29, 1.82) is 0 Å². The number of aliphatic hydroxyl groups excluding tert-OH is 1. The van der Waals surface area contributed by atoms with Crippen LogP contribution in [0.25, 0.3) is 0 Å². The molecule has 0 aliphatic carbocycles. The molecule has 1 aromatic heterocycles. The van der Waals surface area contributed by atoms with Crippen molar-refractivity contribution in [3.05, 3.63) is 29.6 Å². The minimum absolute atomic E-state index is 0.0555. The minimum Gasteiger partial charge on any atom is -0.411 e. The molecule has 0 bridgehead atoms. The van der Waals surface area contributed by atoms with Gasteiger partial charge in [0.15, 0.2) is 6.20 Å². The monoisotopic (exact) mass is 238 g/mol. The smallest absolute Gasteiger partial charge is 0.257 e. The number of pyridine rings is 1. The summed E-state index contributed by atoms with van der Waals surface area (Å²) in [5.74, 6) is -0.193. The van der Waals surface area contributed by atoms with Crippen LogP contribution in [-0.4, -0.2) is 35.6 Å². The third kappa shape index (κ3) is 3.84. The van der Waals surface area contributed by atoms with Crippen LogP contribution in [0.4, 0.5) is 0 Å². The van der Waals surface area contributed by atoms with E-state index in [9.17, 15) is 4.79 Å². The maximum Gasteiger partial charge on any atom is 0.257 e. The molecule has 6 heteroatoms. The molecule has 0 radical (unpaired) electrons. The normalized spacial score (nSPS) is 10.7. The van der Waals surface area contributed by atoms with Gasteiger partial charge in [0.05, 0.1) is 0 Å². The lowest BCUT2D eigenvalue weighted by Crippen LogP contribution is -2.36. The van der Waals surface area contributed by atoms with E-state index >= 15 is 0 Å². The first kappa shape index (κ1) is 13.1. The molecule has 0 unspecified atom stereocenters. The third-order valence-corrected chi connectivity index (χ3v) is 2.25. The van der Waals surface area contributed by atoms with Crippen molar-refractivity contribution in [3.8, 4) is 0 Å². The van der Waals surface area contributed by atoms with E-state index in [1.54, 1.807) is 29.9 Å². The van der Waals surface area contributed by atoms with Crippen molar-refractivity contribution in [2.75, 3.05) is 13.2 Å². The molecule has 3 N–H and O–H groups in total. The van der Waals surface area contributed by atoms with Gasteiger partial charge in [-0.25, -0.2) is 0 Å². The topological polar surface area (TPSA) is 85.8 Å². The average Bonchev–Trinajstić information content (AvgIpc) is 2.32. The zero-order valence-electron chi connectivity index (χ0n) is 9.63. The van der Waals surface area contributed by atoms with Crippen LogP contribution in [0.2, 0.25) is 0 Å². The van der Waals surface area contributed by atoms with E-state index < -0.39 is 0 Å². The molecule has 1 rings (SSSR count). The molecule has 1 amide bonds. The second-order valence-corrected chi connectivity index (χ2v) is 3.53. The van der Waals surface area contributed by atoms with Crippen molar-refractivity contribution >= 4 is 12.1 Å². The molecular weight excluding hydrogens is 222 g/mol. The van der Waals surface area contributed by atoms with Gasteiger partial charge in [-0.1, -0.05) is 5.16 Å². The van der Waals surface area contributed by atoms with E-state index in [2.05, 4.69) is 10.5 Å². The van der Waals surface area contributed by atoms with E-state index in [-0.39, 0.29) is 12.5 Å². The summed E-state index contributed by atoms with van der Waals surface area (Å²) in [7, 11) is 1.75. The van der Waals surface area contributed by atoms with Crippen molar-refractivity contribution in [1.82, 2.24) is 5.32 Å². The first-order chi connectivity index (χ1) is 8.19. The van der Waals surface area contributed by atoms with Crippen LogP contribution in [0.5, 0.6) is 0 Å². The Hall–Kier alpha value is -1.95. The fourth-order valence-electron chi connectivity index (χ4n) is 1.33. The second kappa shape index (κ2) is 6.59. The largest absolute Gasteiger partial charge is 0.411 e. The highest BCUT2D eigenvalue weighted by molar-refractivity contribution is 5.93. The molecular formula is C11H16N3O3+. The first-order valence-electron chi connectivity index (χ1n) is 5.25. The SMILES string of the molecule is C[n+]1cc(C(=O)NCCCO)ccc1/C=N\O. The van der Waals surface area contributed by atoms with Gasteiger partial charge in [-0.2, -0.15) is 4.57 Å². The predicted molar refractivity (Wildman–Crippen MR) is 61.0 cm³/mol. The van der Waals surface area contributed by atoms with Crippen LogP contribution in [0.3, 0.4) is 0 Å². The summed E-state index contributed by atoms with van der Waals surface area (Å²) in [6.07, 6.45) is 3.46. The summed E-state index contributed by atoms with van der Waals surface area (Å²) in [6, 6.07) is 3.33. The van der Waals surface area contributed by atoms with Crippen LogP contribution in [-0.2, 0) is 7.05 Å². The van der Waals surface area contributed by atoms with Gasteiger partial charge in [-0.15, -0.1) is 0 Å². The van der Waals surface area contributed by atoms with Crippen LogP contribution >= 0.6 is 0 Å². The molecule has 1 heterocycles. The van der Waals surface area contributed by atoms with Crippen LogP contribution < -0.4 is 9.88 Å². The minimum atomic E-state index is -0.193. The van der Waals surface area contributed by atoms with E-state index in [0.29, 0.717) is 24.2 Å². The van der Waals surface area contributed by atoms with Gasteiger partial charge in [0, 0.05) is 19.2 Å². The highest BCUT2D eigenvalue weighted by atomic mass is 16.4. The number of carbonyl (C=O) groups excluding carboxylic acids is 1. The Balaban J connectivity index is 2.72. The zero-order chi connectivity index (χ0) is 12.7. The predicted octanol–water partition coefficient (Wildman–Crippen LogP) is -0.569. The van der Waals surface area contributed by atoms with E-state index in [1.165, 1.54) is 6.21 Å². The summed E-state index contributed by atoms with van der Waals surface area (Å²) in [5, 5.41) is 22.6. The molecule has 0 saturated heterocycles. The second-order valence-electron chi connectivity index (χ2n) is 3.53. The quantitative estimate of drug-likeness (QED) is 0.211. The Labute approximate surface area is 99.2 Å². The molecule has 17 heavy (non-hydrogen) atoms. The summed E-state index contributed by atoms with van der Waals surface area (Å²) in [6.45, 7) is 0.499. The third-order valence-electron chi connectivity index (χ3n) is 2.25. The standard InChI is InChI=1S/C11H15N3O3/c1-14-8-9(3-4-10(14)7-13-17)11(16)12-5-2-6-15/h3-4,7-8,15H,2,5-6H2,1H3,(H,12,16)/p+1. The number of hydrogen-bond acceptors (Lipinski definition) is 4. The molecule has 1 aromatic rings. The first-order valence-corrected chi connectivity index (χ1v) is 5.25. The number of oxime groups is 1. The van der Waals surface area contributed by atoms with Gasteiger partial charge in [0.25, 0.3) is 5.91 Å². The van der Waals surface area contributed by atoms with Crippen molar-refractivity contribution in [3.63, 3.8) is 0 Å². The van der Waals surface area contributed by atoms with Crippen LogP contribution in [0, 0.1) is 0 Å². The number of nitrogens with zero attached hydrogens (tertiary/aromatic N) is 2. The fourth-order valence-corrected chi connectivity index (χ4v) is 1.33. The van der Waals surface area contributed by atoms with Gasteiger partial charge < -0.3 is 15.6 Å². The van der Waals surface area contributed by atoms with Gasteiger partial charge in [-0.3, -0.25) is 4.79 Å². The Morgan fingerprint density at radius 3 is 2.94 bits per heavy atom. The molecule has 0 aliphatic heterocycles. The maximum absolute atomic E-state index is 11.7. The molecule has 0 spiro atoms. The number of aromatic nitrogens is 1. The summed E-state index contributed by atoms with van der Waals surface area (Å²) >= 11 is 0. The van der Waals surface area contributed by atoms with Crippen molar-refractivity contribution in [2.45, 2.75) is 6.42 Å². The molecule has 0 fully saturated rings. The van der Waals surface area contributed by atoms with Gasteiger partial charge in [0.2, 0.25) is 5.69 Å². The number of amides is 1. The average molecular weight is 238 g/mol. The number of nitrogens with one attached hydrogen (secondary N) is 1. The van der Waals surface area contributed by atoms with Crippen LogP contribution in [0.15, 0.2) is 23.5 Å². The number of aliphatic hydroxyl groups is 1. The Bertz CT molecular complexity index is 418. The lowest BCUT2D eigenvalue weighted by Gasteiger charge is -2.03. The van der Waals surface area contributed by atoms with Gasteiger partial charge >= 0.3 is 0 Å². The summed E-state index contributed by atoms with van der Waals surface area (Å²) < 4.78 is 1.68. The van der Waals surface area contributed by atoms with E-state index in [1.807, 2.05) is 0 Å². The molecule has 0 saturated carbocycles. The number of rotatable bonds is 5. The maximum atomic E-state index is 11.7. The lowest BCUT2D eigenvalue weighted by molar-refractivity contribution is -0.672. The van der Waals surface area contributed by atoms with Crippen molar-refractivity contribution in [2.24, 2.45) is 12.2 Å². The van der Waals surface area contributed by atoms with Crippen LogP contribution in [0.1, 0.15) is 22.5 Å². The summed E-state index contributed by atoms with van der Waals surface area (Å²) in [4.78, 5) is 11.7. The Morgan fingerprint density at radius 1 is 1.59 bits per heavy atom.